The van der Waals surface area contributed by atoms with Gasteiger partial charge in [-0.05, 0) is 25.6 Å². The highest BCUT2D eigenvalue weighted by atomic mass is 35.5. The van der Waals surface area contributed by atoms with Crippen LogP contribution in [-0.2, 0) is 19.7 Å². The van der Waals surface area contributed by atoms with Crippen molar-refractivity contribution in [3.05, 3.63) is 46.7 Å². The number of nitrogens with one attached hydrogen (secondary N) is 1. The number of halogens is 1. The summed E-state index contributed by atoms with van der Waals surface area (Å²) in [5.74, 6) is 0.822. The second kappa shape index (κ2) is 7.31. The molecule has 4 nitrogen and oxygen atoms in total. The molecule has 0 saturated heterocycles. The predicted molar refractivity (Wildman–Crippen MR) is 81.1 cm³/mol. The Hall–Kier alpha value is -1.52. The Labute approximate surface area is 124 Å². The molecule has 0 fully saturated rings. The van der Waals surface area contributed by atoms with Crippen molar-refractivity contribution < 1.29 is 4.74 Å². The zero-order chi connectivity index (χ0) is 14.4. The summed E-state index contributed by atoms with van der Waals surface area (Å²) in [7, 11) is 0. The molecule has 0 aliphatic heterocycles. The van der Waals surface area contributed by atoms with E-state index in [9.17, 15) is 0 Å². The molecule has 2 aromatic rings. The molecule has 1 heterocycles. The maximum absolute atomic E-state index is 6.24. The van der Waals surface area contributed by atoms with Crippen molar-refractivity contribution in [3.8, 4) is 5.75 Å². The van der Waals surface area contributed by atoms with Crippen molar-refractivity contribution in [1.29, 1.82) is 0 Å². The van der Waals surface area contributed by atoms with E-state index in [1.807, 2.05) is 35.3 Å². The van der Waals surface area contributed by atoms with E-state index < -0.39 is 0 Å². The van der Waals surface area contributed by atoms with Gasteiger partial charge in [0.1, 0.15) is 12.4 Å². The van der Waals surface area contributed by atoms with Gasteiger partial charge < -0.3 is 10.1 Å². The minimum absolute atomic E-state index is 0.499. The van der Waals surface area contributed by atoms with Crippen molar-refractivity contribution in [2.24, 2.45) is 0 Å². The summed E-state index contributed by atoms with van der Waals surface area (Å²) < 4.78 is 7.77. The Morgan fingerprint density at radius 3 is 2.90 bits per heavy atom. The normalized spacial score (nSPS) is 10.8. The number of aryl methyl sites for hydroxylation is 1. The molecule has 0 aliphatic carbocycles. The molecule has 2 rings (SSSR count). The average molecular weight is 294 g/mol. The van der Waals surface area contributed by atoms with E-state index >= 15 is 0 Å². The lowest BCUT2D eigenvalue weighted by Gasteiger charge is -2.12. The number of nitrogens with zero attached hydrogens (tertiary/aromatic N) is 2. The minimum atomic E-state index is 0.499. The quantitative estimate of drug-likeness (QED) is 0.852. The summed E-state index contributed by atoms with van der Waals surface area (Å²) in [6, 6.07) is 5.74. The predicted octanol–water partition coefficient (Wildman–Crippen LogP) is 3.24. The highest BCUT2D eigenvalue weighted by Gasteiger charge is 2.08. The molecule has 1 N–H and O–H groups in total. The van der Waals surface area contributed by atoms with Crippen molar-refractivity contribution >= 4 is 11.6 Å². The third kappa shape index (κ3) is 3.74. The van der Waals surface area contributed by atoms with Gasteiger partial charge in [0, 0.05) is 35.4 Å². The number of rotatable bonds is 7. The van der Waals surface area contributed by atoms with Crippen molar-refractivity contribution in [3.63, 3.8) is 0 Å². The average Bonchev–Trinajstić information content (AvgIpc) is 2.92. The zero-order valence-electron chi connectivity index (χ0n) is 11.9. The van der Waals surface area contributed by atoms with E-state index in [2.05, 4.69) is 24.3 Å². The summed E-state index contributed by atoms with van der Waals surface area (Å²) >= 11 is 6.24. The van der Waals surface area contributed by atoms with E-state index in [4.69, 9.17) is 16.3 Å². The van der Waals surface area contributed by atoms with Gasteiger partial charge >= 0.3 is 0 Å². The van der Waals surface area contributed by atoms with Crippen molar-refractivity contribution in [2.75, 3.05) is 6.54 Å². The van der Waals surface area contributed by atoms with E-state index in [0.717, 1.165) is 35.0 Å². The summed E-state index contributed by atoms with van der Waals surface area (Å²) in [6.07, 6.45) is 3.83. The Morgan fingerprint density at radius 1 is 1.35 bits per heavy atom. The lowest BCUT2D eigenvalue weighted by molar-refractivity contribution is 0.302. The molecular formula is C15H20ClN3O. The molecule has 0 amide bonds. The molecule has 0 atom stereocenters. The maximum Gasteiger partial charge on any atom is 0.125 e. The number of hydrogen-bond acceptors (Lipinski definition) is 3. The number of ether oxygens (including phenoxy) is 1. The Kier molecular flexibility index (Phi) is 5.44. The molecule has 0 aliphatic rings. The summed E-state index contributed by atoms with van der Waals surface area (Å²) in [4.78, 5) is 0. The molecule has 108 valence electrons. The molecule has 0 spiro atoms. The summed E-state index contributed by atoms with van der Waals surface area (Å²) in [5.41, 5.74) is 2.06. The molecule has 0 unspecified atom stereocenters. The lowest BCUT2D eigenvalue weighted by Crippen LogP contribution is -2.13. The maximum atomic E-state index is 6.24. The Balaban J connectivity index is 2.06. The molecular weight excluding hydrogens is 274 g/mol. The van der Waals surface area contributed by atoms with E-state index in [1.165, 1.54) is 0 Å². The van der Waals surface area contributed by atoms with Crippen LogP contribution in [0.3, 0.4) is 0 Å². The first kappa shape index (κ1) is 14.9. The second-order valence-electron chi connectivity index (χ2n) is 4.49. The van der Waals surface area contributed by atoms with E-state index in [-0.39, 0.29) is 0 Å². The SMILES string of the molecule is CCNCc1c(Cl)cccc1OCc1cnn(CC)c1. The van der Waals surface area contributed by atoms with Crippen LogP contribution >= 0.6 is 11.6 Å². The fraction of sp³-hybridized carbons (Fsp3) is 0.400. The molecule has 5 heteroatoms. The molecule has 0 radical (unpaired) electrons. The largest absolute Gasteiger partial charge is 0.488 e. The third-order valence-electron chi connectivity index (χ3n) is 3.03. The topological polar surface area (TPSA) is 39.1 Å². The van der Waals surface area contributed by atoms with Crippen LogP contribution in [0.4, 0.5) is 0 Å². The first-order valence-electron chi connectivity index (χ1n) is 6.86. The summed E-state index contributed by atoms with van der Waals surface area (Å²) in [5, 5.41) is 8.24. The van der Waals surface area contributed by atoms with Gasteiger partial charge in [0.2, 0.25) is 0 Å². The Morgan fingerprint density at radius 2 is 2.20 bits per heavy atom. The van der Waals surface area contributed by atoms with Crippen LogP contribution in [-0.4, -0.2) is 16.3 Å². The molecule has 1 aromatic heterocycles. The van der Waals surface area contributed by atoms with Gasteiger partial charge in [0.25, 0.3) is 0 Å². The Bertz CT molecular complexity index is 554. The fourth-order valence-corrected chi connectivity index (χ4v) is 2.14. The number of benzene rings is 1. The number of aromatic nitrogens is 2. The monoisotopic (exact) mass is 293 g/mol. The van der Waals surface area contributed by atoms with Crippen LogP contribution in [0.1, 0.15) is 25.0 Å². The van der Waals surface area contributed by atoms with E-state index in [1.54, 1.807) is 0 Å². The standard InChI is InChI=1S/C15H20ClN3O/c1-3-17-9-13-14(16)6-5-7-15(13)20-11-12-8-18-19(4-2)10-12/h5-8,10,17H,3-4,9,11H2,1-2H3. The van der Waals surface area contributed by atoms with Gasteiger partial charge in [-0.15, -0.1) is 0 Å². The molecule has 0 saturated carbocycles. The van der Waals surface area contributed by atoms with Gasteiger partial charge in [-0.1, -0.05) is 24.6 Å². The van der Waals surface area contributed by atoms with Crippen molar-refractivity contribution in [1.82, 2.24) is 15.1 Å². The molecule has 1 aromatic carbocycles. The second-order valence-corrected chi connectivity index (χ2v) is 4.90. The van der Waals surface area contributed by atoms with E-state index in [0.29, 0.717) is 13.2 Å². The van der Waals surface area contributed by atoms with Gasteiger partial charge in [-0.3, -0.25) is 4.68 Å². The minimum Gasteiger partial charge on any atom is -0.488 e. The van der Waals surface area contributed by atoms with Crippen LogP contribution in [0, 0.1) is 0 Å². The summed E-state index contributed by atoms with van der Waals surface area (Å²) in [6.45, 7) is 7.09. The van der Waals surface area contributed by atoms with Crippen molar-refractivity contribution in [2.45, 2.75) is 33.5 Å². The van der Waals surface area contributed by atoms with Crippen LogP contribution in [0.2, 0.25) is 5.02 Å². The third-order valence-corrected chi connectivity index (χ3v) is 3.39. The van der Waals surface area contributed by atoms with Crippen LogP contribution in [0.5, 0.6) is 5.75 Å². The smallest absolute Gasteiger partial charge is 0.125 e. The first-order chi connectivity index (χ1) is 9.74. The fourth-order valence-electron chi connectivity index (χ4n) is 1.91. The van der Waals surface area contributed by atoms with Gasteiger partial charge in [-0.25, -0.2) is 0 Å². The zero-order valence-corrected chi connectivity index (χ0v) is 12.7. The van der Waals surface area contributed by atoms with Crippen LogP contribution < -0.4 is 10.1 Å². The highest BCUT2D eigenvalue weighted by Crippen LogP contribution is 2.27. The van der Waals surface area contributed by atoms with Crippen LogP contribution in [0.25, 0.3) is 0 Å². The molecule has 0 bridgehead atoms. The highest BCUT2D eigenvalue weighted by molar-refractivity contribution is 6.31. The van der Waals surface area contributed by atoms with Gasteiger partial charge in [0.15, 0.2) is 0 Å². The molecule has 20 heavy (non-hydrogen) atoms. The van der Waals surface area contributed by atoms with Crippen LogP contribution in [0.15, 0.2) is 30.6 Å². The van der Waals surface area contributed by atoms with Gasteiger partial charge in [-0.2, -0.15) is 5.10 Å². The first-order valence-corrected chi connectivity index (χ1v) is 7.24. The van der Waals surface area contributed by atoms with Gasteiger partial charge in [0.05, 0.1) is 6.20 Å². The number of hydrogen-bond donors (Lipinski definition) is 1. The lowest BCUT2D eigenvalue weighted by atomic mass is 10.2.